The number of hydrogen-bond donors (Lipinski definition) is 1. The fraction of sp³-hybridized carbons (Fsp3) is 0.500. The minimum absolute atomic E-state index is 0.166. The van der Waals surface area contributed by atoms with Crippen molar-refractivity contribution in [3.63, 3.8) is 0 Å². The third-order valence-electron chi connectivity index (χ3n) is 2.48. The first kappa shape index (κ1) is 10.3. The Morgan fingerprint density at radius 2 is 1.85 bits per heavy atom. The predicted octanol–water partition coefficient (Wildman–Crippen LogP) is 2.64. The fourth-order valence-corrected chi connectivity index (χ4v) is 1.52. The highest BCUT2D eigenvalue weighted by molar-refractivity contribution is 5.15. The second kappa shape index (κ2) is 5.03. The highest BCUT2D eigenvalue weighted by atomic mass is 16.3. The van der Waals surface area contributed by atoms with Gasteiger partial charge >= 0.3 is 0 Å². The van der Waals surface area contributed by atoms with Gasteiger partial charge in [-0.05, 0) is 24.3 Å². The largest absolute Gasteiger partial charge is 0.393 e. The molecule has 0 aliphatic rings. The molecule has 13 heavy (non-hydrogen) atoms. The Hall–Kier alpha value is -0.820. The summed E-state index contributed by atoms with van der Waals surface area (Å²) in [6.07, 6.45) is 1.64. The summed E-state index contributed by atoms with van der Waals surface area (Å²) in [6, 6.07) is 10.3. The number of benzene rings is 1. The van der Waals surface area contributed by atoms with Crippen molar-refractivity contribution in [1.29, 1.82) is 0 Å². The zero-order valence-corrected chi connectivity index (χ0v) is 8.40. The summed E-state index contributed by atoms with van der Waals surface area (Å²) in [5.74, 6) is 0.354. The van der Waals surface area contributed by atoms with Crippen LogP contribution in [0, 0.1) is 5.92 Å². The monoisotopic (exact) mass is 178 g/mol. The van der Waals surface area contributed by atoms with Gasteiger partial charge in [-0.2, -0.15) is 0 Å². The van der Waals surface area contributed by atoms with Gasteiger partial charge in [-0.3, -0.25) is 0 Å². The van der Waals surface area contributed by atoms with E-state index in [0.717, 1.165) is 12.8 Å². The predicted molar refractivity (Wildman–Crippen MR) is 55.6 cm³/mol. The molecular formula is C12H18O. The van der Waals surface area contributed by atoms with Crippen molar-refractivity contribution in [2.75, 3.05) is 0 Å². The van der Waals surface area contributed by atoms with Crippen molar-refractivity contribution in [2.45, 2.75) is 32.8 Å². The van der Waals surface area contributed by atoms with Crippen LogP contribution < -0.4 is 0 Å². The van der Waals surface area contributed by atoms with Crippen LogP contribution in [0.3, 0.4) is 0 Å². The lowest BCUT2D eigenvalue weighted by atomic mass is 9.95. The highest BCUT2D eigenvalue weighted by Gasteiger charge is 2.11. The molecule has 0 unspecified atom stereocenters. The van der Waals surface area contributed by atoms with E-state index in [1.54, 1.807) is 0 Å². The summed E-state index contributed by atoms with van der Waals surface area (Å²) in [5.41, 5.74) is 1.31. The second-order valence-corrected chi connectivity index (χ2v) is 3.64. The van der Waals surface area contributed by atoms with E-state index >= 15 is 0 Å². The van der Waals surface area contributed by atoms with Crippen LogP contribution in [0.2, 0.25) is 0 Å². The van der Waals surface area contributed by atoms with Crippen molar-refractivity contribution in [3.05, 3.63) is 35.9 Å². The van der Waals surface area contributed by atoms with E-state index in [2.05, 4.69) is 19.1 Å². The van der Waals surface area contributed by atoms with E-state index in [0.29, 0.717) is 5.92 Å². The lowest BCUT2D eigenvalue weighted by molar-refractivity contribution is 0.113. The van der Waals surface area contributed by atoms with Gasteiger partial charge in [0.1, 0.15) is 0 Å². The topological polar surface area (TPSA) is 20.2 Å². The maximum Gasteiger partial charge on any atom is 0.0566 e. The maximum atomic E-state index is 9.59. The van der Waals surface area contributed by atoms with Crippen molar-refractivity contribution >= 4 is 0 Å². The molecule has 0 aliphatic carbocycles. The summed E-state index contributed by atoms with van der Waals surface area (Å²) in [6.45, 7) is 4.12. The van der Waals surface area contributed by atoms with E-state index in [9.17, 15) is 5.11 Å². The molecule has 0 aliphatic heterocycles. The molecule has 1 aromatic rings. The molecule has 1 heteroatoms. The summed E-state index contributed by atoms with van der Waals surface area (Å²) >= 11 is 0. The maximum absolute atomic E-state index is 9.59. The van der Waals surface area contributed by atoms with Gasteiger partial charge < -0.3 is 5.11 Å². The molecule has 0 saturated carbocycles. The summed E-state index contributed by atoms with van der Waals surface area (Å²) in [4.78, 5) is 0. The molecule has 2 atom stereocenters. The zero-order chi connectivity index (χ0) is 9.68. The fourth-order valence-electron chi connectivity index (χ4n) is 1.52. The van der Waals surface area contributed by atoms with Crippen LogP contribution in [0.15, 0.2) is 30.3 Å². The molecule has 0 heterocycles. The Morgan fingerprint density at radius 1 is 1.23 bits per heavy atom. The lowest BCUT2D eigenvalue weighted by Crippen LogP contribution is -2.18. The zero-order valence-electron chi connectivity index (χ0n) is 8.40. The molecule has 72 valence electrons. The van der Waals surface area contributed by atoms with Gasteiger partial charge in [0.15, 0.2) is 0 Å². The molecule has 1 N–H and O–H groups in total. The Morgan fingerprint density at radius 3 is 2.38 bits per heavy atom. The molecule has 0 aromatic heterocycles. The Bertz CT molecular complexity index is 230. The molecule has 0 fully saturated rings. The minimum Gasteiger partial charge on any atom is -0.393 e. The van der Waals surface area contributed by atoms with Gasteiger partial charge in [0.25, 0.3) is 0 Å². The standard InChI is InChI=1S/C12H18O/c1-3-12(13)10(2)9-11-7-5-4-6-8-11/h4-8,10,12-13H,3,9H2,1-2H3/t10-,12+/m0/s1. The molecule has 1 rings (SSSR count). The SMILES string of the molecule is CC[C@@H](O)[C@@H](C)Cc1ccccc1. The van der Waals surface area contributed by atoms with Crippen LogP contribution in [-0.2, 0) is 6.42 Å². The second-order valence-electron chi connectivity index (χ2n) is 3.64. The van der Waals surface area contributed by atoms with Crippen molar-refractivity contribution in [3.8, 4) is 0 Å². The van der Waals surface area contributed by atoms with Crippen LogP contribution in [0.4, 0.5) is 0 Å². The smallest absolute Gasteiger partial charge is 0.0566 e. The summed E-state index contributed by atoms with van der Waals surface area (Å²) in [5, 5.41) is 9.59. The molecule has 0 saturated heterocycles. The molecule has 1 nitrogen and oxygen atoms in total. The molecular weight excluding hydrogens is 160 g/mol. The van der Waals surface area contributed by atoms with Crippen LogP contribution in [0.1, 0.15) is 25.8 Å². The molecule has 0 radical (unpaired) electrons. The normalized spacial score (nSPS) is 15.3. The first-order chi connectivity index (χ1) is 6.24. The Kier molecular flexibility index (Phi) is 3.97. The molecule has 0 bridgehead atoms. The summed E-state index contributed by atoms with van der Waals surface area (Å²) < 4.78 is 0. The van der Waals surface area contributed by atoms with Crippen LogP contribution >= 0.6 is 0 Å². The Labute approximate surface area is 80.4 Å². The third kappa shape index (κ3) is 3.19. The average molecular weight is 178 g/mol. The van der Waals surface area contributed by atoms with Crippen molar-refractivity contribution in [1.82, 2.24) is 0 Å². The third-order valence-corrected chi connectivity index (χ3v) is 2.48. The Balaban J connectivity index is 2.50. The van der Waals surface area contributed by atoms with Gasteiger partial charge in [-0.25, -0.2) is 0 Å². The van der Waals surface area contributed by atoms with E-state index in [1.165, 1.54) is 5.56 Å². The van der Waals surface area contributed by atoms with Gasteiger partial charge in [-0.15, -0.1) is 0 Å². The average Bonchev–Trinajstić information content (AvgIpc) is 2.18. The number of aliphatic hydroxyl groups is 1. The number of aliphatic hydroxyl groups excluding tert-OH is 1. The number of hydrogen-bond acceptors (Lipinski definition) is 1. The van der Waals surface area contributed by atoms with Crippen molar-refractivity contribution < 1.29 is 5.11 Å². The van der Waals surface area contributed by atoms with Gasteiger partial charge in [-0.1, -0.05) is 44.2 Å². The first-order valence-electron chi connectivity index (χ1n) is 4.96. The molecule has 0 spiro atoms. The van der Waals surface area contributed by atoms with E-state index < -0.39 is 0 Å². The van der Waals surface area contributed by atoms with E-state index in [4.69, 9.17) is 0 Å². The van der Waals surface area contributed by atoms with Crippen LogP contribution in [0.25, 0.3) is 0 Å². The van der Waals surface area contributed by atoms with E-state index in [-0.39, 0.29) is 6.10 Å². The minimum atomic E-state index is -0.166. The van der Waals surface area contributed by atoms with Crippen molar-refractivity contribution in [2.24, 2.45) is 5.92 Å². The first-order valence-corrected chi connectivity index (χ1v) is 4.96. The van der Waals surface area contributed by atoms with Crippen LogP contribution in [0.5, 0.6) is 0 Å². The summed E-state index contributed by atoms with van der Waals surface area (Å²) in [7, 11) is 0. The van der Waals surface area contributed by atoms with Gasteiger partial charge in [0.05, 0.1) is 6.10 Å². The van der Waals surface area contributed by atoms with E-state index in [1.807, 2.05) is 25.1 Å². The van der Waals surface area contributed by atoms with Gasteiger partial charge in [0, 0.05) is 0 Å². The van der Waals surface area contributed by atoms with Crippen LogP contribution in [-0.4, -0.2) is 11.2 Å². The molecule has 0 amide bonds. The quantitative estimate of drug-likeness (QED) is 0.751. The van der Waals surface area contributed by atoms with Gasteiger partial charge in [0.2, 0.25) is 0 Å². The molecule has 1 aromatic carbocycles. The highest BCUT2D eigenvalue weighted by Crippen LogP contribution is 2.13. The lowest BCUT2D eigenvalue weighted by Gasteiger charge is -2.16. The number of rotatable bonds is 4.